The SMILES string of the molecule is CCn1nc(C)cc1C(=O)N1Cc2ncn(C)c2C(COCC(C)C)C1. The number of hydrogen-bond donors (Lipinski definition) is 0. The van der Waals surface area contributed by atoms with Gasteiger partial charge in [0.1, 0.15) is 5.69 Å². The Bertz CT molecular complexity index is 777. The van der Waals surface area contributed by atoms with Gasteiger partial charge in [-0.15, -0.1) is 0 Å². The fourth-order valence-corrected chi connectivity index (χ4v) is 3.58. The van der Waals surface area contributed by atoms with E-state index >= 15 is 0 Å². The second kappa shape index (κ2) is 7.61. The summed E-state index contributed by atoms with van der Waals surface area (Å²) >= 11 is 0. The van der Waals surface area contributed by atoms with Crippen LogP contribution in [-0.4, -0.2) is 49.9 Å². The van der Waals surface area contributed by atoms with Gasteiger partial charge in [0.2, 0.25) is 0 Å². The highest BCUT2D eigenvalue weighted by Crippen LogP contribution is 2.29. The number of aromatic nitrogens is 4. The van der Waals surface area contributed by atoms with Gasteiger partial charge >= 0.3 is 0 Å². The predicted molar refractivity (Wildman–Crippen MR) is 99.0 cm³/mol. The summed E-state index contributed by atoms with van der Waals surface area (Å²) in [6, 6.07) is 1.87. The lowest BCUT2D eigenvalue weighted by molar-refractivity contribution is 0.0583. The van der Waals surface area contributed by atoms with Crippen LogP contribution in [0.2, 0.25) is 0 Å². The van der Waals surface area contributed by atoms with Crippen molar-refractivity contribution in [1.82, 2.24) is 24.2 Å². The minimum absolute atomic E-state index is 0.0117. The van der Waals surface area contributed by atoms with Crippen molar-refractivity contribution in [3.63, 3.8) is 0 Å². The fourth-order valence-electron chi connectivity index (χ4n) is 3.58. The first-order chi connectivity index (χ1) is 12.4. The Kier molecular flexibility index (Phi) is 5.46. The number of carbonyl (C=O) groups is 1. The van der Waals surface area contributed by atoms with E-state index in [1.54, 1.807) is 4.68 Å². The minimum Gasteiger partial charge on any atom is -0.380 e. The molecule has 7 heteroatoms. The zero-order chi connectivity index (χ0) is 18.8. The average molecular weight is 359 g/mol. The lowest BCUT2D eigenvalue weighted by Gasteiger charge is -2.33. The molecule has 0 N–H and O–H groups in total. The summed E-state index contributed by atoms with van der Waals surface area (Å²) in [5.41, 5.74) is 3.65. The molecule has 2 aromatic heterocycles. The third-order valence-corrected chi connectivity index (χ3v) is 4.71. The quantitative estimate of drug-likeness (QED) is 0.794. The Morgan fingerprint density at radius 3 is 2.88 bits per heavy atom. The number of imidazole rings is 1. The molecular formula is C19H29N5O2. The van der Waals surface area contributed by atoms with Gasteiger partial charge in [0, 0.05) is 38.4 Å². The van der Waals surface area contributed by atoms with Gasteiger partial charge in [0.25, 0.3) is 5.91 Å². The Hall–Kier alpha value is -2.15. The van der Waals surface area contributed by atoms with Crippen LogP contribution >= 0.6 is 0 Å². The maximum Gasteiger partial charge on any atom is 0.272 e. The second-order valence-corrected chi connectivity index (χ2v) is 7.49. The summed E-state index contributed by atoms with van der Waals surface area (Å²) in [5, 5.41) is 4.41. The highest BCUT2D eigenvalue weighted by molar-refractivity contribution is 5.92. The molecule has 1 amide bonds. The molecule has 0 fully saturated rings. The Morgan fingerprint density at radius 2 is 2.19 bits per heavy atom. The van der Waals surface area contributed by atoms with Crippen LogP contribution in [0.4, 0.5) is 0 Å². The van der Waals surface area contributed by atoms with Crippen LogP contribution in [0.3, 0.4) is 0 Å². The van der Waals surface area contributed by atoms with Crippen molar-refractivity contribution in [2.24, 2.45) is 13.0 Å². The molecule has 26 heavy (non-hydrogen) atoms. The van der Waals surface area contributed by atoms with Gasteiger partial charge < -0.3 is 14.2 Å². The molecule has 0 aliphatic carbocycles. The summed E-state index contributed by atoms with van der Waals surface area (Å²) in [4.78, 5) is 19.5. The molecule has 3 rings (SSSR count). The van der Waals surface area contributed by atoms with Crippen LogP contribution in [0.1, 0.15) is 54.3 Å². The first kappa shape index (κ1) is 18.6. The van der Waals surface area contributed by atoms with E-state index in [0.717, 1.165) is 18.0 Å². The number of amides is 1. The third-order valence-electron chi connectivity index (χ3n) is 4.71. The highest BCUT2D eigenvalue weighted by atomic mass is 16.5. The number of ether oxygens (including phenoxy) is 1. The van der Waals surface area contributed by atoms with E-state index < -0.39 is 0 Å². The van der Waals surface area contributed by atoms with Crippen molar-refractivity contribution in [2.45, 2.75) is 46.7 Å². The molecule has 1 aliphatic rings. The topological polar surface area (TPSA) is 65.2 Å². The third kappa shape index (κ3) is 3.67. The molecule has 0 saturated carbocycles. The second-order valence-electron chi connectivity index (χ2n) is 7.49. The molecule has 3 heterocycles. The van der Waals surface area contributed by atoms with E-state index in [1.165, 1.54) is 5.69 Å². The summed E-state index contributed by atoms with van der Waals surface area (Å²) < 4.78 is 9.73. The first-order valence-electron chi connectivity index (χ1n) is 9.32. The normalized spacial score (nSPS) is 17.0. The van der Waals surface area contributed by atoms with Gasteiger partial charge in [-0.05, 0) is 25.8 Å². The van der Waals surface area contributed by atoms with E-state index in [-0.39, 0.29) is 11.8 Å². The smallest absolute Gasteiger partial charge is 0.272 e. The number of aryl methyl sites for hydroxylation is 3. The predicted octanol–water partition coefficient (Wildman–Crippen LogP) is 2.36. The van der Waals surface area contributed by atoms with E-state index in [9.17, 15) is 4.79 Å². The molecule has 7 nitrogen and oxygen atoms in total. The van der Waals surface area contributed by atoms with Gasteiger partial charge in [-0.3, -0.25) is 9.48 Å². The molecule has 1 atom stereocenters. The van der Waals surface area contributed by atoms with Crippen molar-refractivity contribution in [2.75, 3.05) is 19.8 Å². The van der Waals surface area contributed by atoms with Crippen LogP contribution < -0.4 is 0 Å². The molecule has 0 aromatic carbocycles. The monoisotopic (exact) mass is 359 g/mol. The van der Waals surface area contributed by atoms with Crippen molar-refractivity contribution < 1.29 is 9.53 Å². The molecule has 0 spiro atoms. The molecule has 0 saturated heterocycles. The van der Waals surface area contributed by atoms with Gasteiger partial charge in [-0.1, -0.05) is 13.8 Å². The van der Waals surface area contributed by atoms with Crippen LogP contribution in [-0.2, 0) is 24.9 Å². The molecular weight excluding hydrogens is 330 g/mol. The van der Waals surface area contributed by atoms with Gasteiger partial charge in [-0.25, -0.2) is 4.98 Å². The Labute approximate surface area is 155 Å². The number of nitrogens with zero attached hydrogens (tertiary/aromatic N) is 5. The molecule has 1 unspecified atom stereocenters. The van der Waals surface area contributed by atoms with Crippen molar-refractivity contribution in [3.8, 4) is 0 Å². The largest absolute Gasteiger partial charge is 0.380 e. The molecule has 2 aromatic rings. The van der Waals surface area contributed by atoms with Crippen molar-refractivity contribution in [3.05, 3.63) is 35.2 Å². The first-order valence-corrected chi connectivity index (χ1v) is 9.32. The van der Waals surface area contributed by atoms with E-state index in [4.69, 9.17) is 4.74 Å². The Balaban J connectivity index is 1.82. The maximum atomic E-state index is 13.1. The molecule has 142 valence electrons. The Morgan fingerprint density at radius 1 is 1.42 bits per heavy atom. The standard InChI is InChI=1S/C19H29N5O2/c1-6-24-17(7-14(4)21-24)19(25)23-8-15(11-26-10-13(2)3)18-16(9-23)20-12-22(18)5/h7,12-13,15H,6,8-11H2,1-5H3. The maximum absolute atomic E-state index is 13.1. The zero-order valence-electron chi connectivity index (χ0n) is 16.4. The van der Waals surface area contributed by atoms with Crippen molar-refractivity contribution in [1.29, 1.82) is 0 Å². The molecule has 1 aliphatic heterocycles. The van der Waals surface area contributed by atoms with E-state index in [2.05, 4.69) is 28.5 Å². The summed E-state index contributed by atoms with van der Waals surface area (Å²) in [5.74, 6) is 0.634. The van der Waals surface area contributed by atoms with Crippen LogP contribution in [0.25, 0.3) is 0 Å². The lowest BCUT2D eigenvalue weighted by atomic mass is 9.98. The summed E-state index contributed by atoms with van der Waals surface area (Å²) in [6.07, 6.45) is 1.83. The van der Waals surface area contributed by atoms with E-state index in [0.29, 0.717) is 37.9 Å². The minimum atomic E-state index is 0.0117. The number of rotatable bonds is 6. The number of fused-ring (bicyclic) bond motifs is 1. The lowest BCUT2D eigenvalue weighted by Crippen LogP contribution is -2.41. The van der Waals surface area contributed by atoms with Crippen molar-refractivity contribution >= 4 is 5.91 Å². The summed E-state index contributed by atoms with van der Waals surface area (Å²) in [6.45, 7) is 11.4. The van der Waals surface area contributed by atoms with Gasteiger partial charge in [0.15, 0.2) is 0 Å². The zero-order valence-corrected chi connectivity index (χ0v) is 16.4. The molecule has 0 bridgehead atoms. The van der Waals surface area contributed by atoms with Crippen LogP contribution in [0.15, 0.2) is 12.4 Å². The number of hydrogen-bond acceptors (Lipinski definition) is 4. The van der Waals surface area contributed by atoms with Crippen LogP contribution in [0, 0.1) is 12.8 Å². The van der Waals surface area contributed by atoms with Gasteiger partial charge in [0.05, 0.1) is 30.9 Å². The highest BCUT2D eigenvalue weighted by Gasteiger charge is 2.33. The van der Waals surface area contributed by atoms with Crippen LogP contribution in [0.5, 0.6) is 0 Å². The van der Waals surface area contributed by atoms with Gasteiger partial charge in [-0.2, -0.15) is 5.10 Å². The van der Waals surface area contributed by atoms with E-state index in [1.807, 2.05) is 38.2 Å². The average Bonchev–Trinajstić information content (AvgIpc) is 3.16. The summed E-state index contributed by atoms with van der Waals surface area (Å²) in [7, 11) is 2.01. The number of carbonyl (C=O) groups excluding carboxylic acids is 1. The molecule has 0 radical (unpaired) electrons. The fraction of sp³-hybridized carbons (Fsp3) is 0.632.